The molecule has 0 amide bonds. The minimum Gasteiger partial charge on any atom is -0.384 e. The van der Waals surface area contributed by atoms with E-state index in [1.807, 2.05) is 0 Å². The Labute approximate surface area is 78.1 Å². The van der Waals surface area contributed by atoms with Gasteiger partial charge >= 0.3 is 0 Å². The van der Waals surface area contributed by atoms with E-state index in [4.69, 9.17) is 0 Å². The normalized spacial score (nSPS) is 36.2. The Morgan fingerprint density at radius 1 is 1.38 bits per heavy atom. The molecule has 0 aromatic heterocycles. The molecule has 3 heteroatoms. The highest BCUT2D eigenvalue weighted by Gasteiger charge is 2.38. The maximum absolute atomic E-state index is 12.5. The summed E-state index contributed by atoms with van der Waals surface area (Å²) in [5.74, 6) is 0.535. The number of hydrogen-bond donors (Lipinski definition) is 1. The third-order valence-electron chi connectivity index (χ3n) is 3.19. The Balaban J connectivity index is 2.52. The van der Waals surface area contributed by atoms with Gasteiger partial charge in [-0.1, -0.05) is 26.2 Å². The fourth-order valence-corrected chi connectivity index (χ4v) is 2.05. The standard InChI is InChI=1S/C10H18F2O/c1-2-8-4-3-6-10(13,7-5-8)9(11)12/h8-9,13H,2-7H2,1H3. The molecule has 13 heavy (non-hydrogen) atoms. The molecule has 1 N–H and O–H groups in total. The van der Waals surface area contributed by atoms with E-state index in [2.05, 4.69) is 6.92 Å². The van der Waals surface area contributed by atoms with Gasteiger partial charge in [-0.3, -0.25) is 0 Å². The van der Waals surface area contributed by atoms with Crippen molar-refractivity contribution in [3.05, 3.63) is 0 Å². The van der Waals surface area contributed by atoms with Crippen molar-refractivity contribution in [2.75, 3.05) is 0 Å². The van der Waals surface area contributed by atoms with Gasteiger partial charge in [0.05, 0.1) is 0 Å². The largest absolute Gasteiger partial charge is 0.384 e. The van der Waals surface area contributed by atoms with Crippen LogP contribution in [0.2, 0.25) is 0 Å². The molecule has 1 nitrogen and oxygen atoms in total. The third-order valence-corrected chi connectivity index (χ3v) is 3.19. The first-order chi connectivity index (χ1) is 6.08. The third kappa shape index (κ3) is 2.63. The van der Waals surface area contributed by atoms with Gasteiger partial charge in [0, 0.05) is 0 Å². The lowest BCUT2D eigenvalue weighted by Gasteiger charge is -2.25. The Kier molecular flexibility index (Phi) is 3.65. The zero-order valence-electron chi connectivity index (χ0n) is 8.10. The first-order valence-corrected chi connectivity index (χ1v) is 5.09. The molecule has 0 spiro atoms. The maximum atomic E-state index is 12.5. The van der Waals surface area contributed by atoms with Crippen molar-refractivity contribution in [2.45, 2.75) is 57.5 Å². The zero-order chi connectivity index (χ0) is 9.90. The van der Waals surface area contributed by atoms with E-state index in [9.17, 15) is 13.9 Å². The monoisotopic (exact) mass is 192 g/mol. The van der Waals surface area contributed by atoms with E-state index in [0.717, 1.165) is 25.7 Å². The first-order valence-electron chi connectivity index (χ1n) is 5.09. The molecule has 1 rings (SSSR count). The molecule has 0 aromatic rings. The molecule has 1 fully saturated rings. The van der Waals surface area contributed by atoms with Crippen molar-refractivity contribution in [2.24, 2.45) is 5.92 Å². The van der Waals surface area contributed by atoms with Crippen molar-refractivity contribution in [3.63, 3.8) is 0 Å². The Hall–Kier alpha value is -0.180. The summed E-state index contributed by atoms with van der Waals surface area (Å²) in [6.07, 6.45) is 1.47. The molecular formula is C10H18F2O. The molecule has 1 aliphatic carbocycles. The molecule has 0 aliphatic heterocycles. The van der Waals surface area contributed by atoms with E-state index < -0.39 is 12.0 Å². The van der Waals surface area contributed by atoms with Crippen LogP contribution in [0.3, 0.4) is 0 Å². The topological polar surface area (TPSA) is 20.2 Å². The van der Waals surface area contributed by atoms with Gasteiger partial charge < -0.3 is 5.11 Å². The van der Waals surface area contributed by atoms with Crippen LogP contribution in [-0.4, -0.2) is 17.1 Å². The average molecular weight is 192 g/mol. The summed E-state index contributed by atoms with van der Waals surface area (Å²) in [6, 6.07) is 0. The highest BCUT2D eigenvalue weighted by molar-refractivity contribution is 4.85. The molecule has 2 atom stereocenters. The number of alkyl halides is 2. The van der Waals surface area contributed by atoms with Crippen LogP contribution in [0.1, 0.15) is 45.4 Å². The van der Waals surface area contributed by atoms with Crippen LogP contribution in [0.5, 0.6) is 0 Å². The van der Waals surface area contributed by atoms with Crippen molar-refractivity contribution >= 4 is 0 Å². The Morgan fingerprint density at radius 3 is 2.62 bits per heavy atom. The van der Waals surface area contributed by atoms with Gasteiger partial charge in [0.15, 0.2) is 0 Å². The van der Waals surface area contributed by atoms with Crippen LogP contribution >= 0.6 is 0 Å². The second kappa shape index (κ2) is 4.36. The average Bonchev–Trinajstić information content (AvgIpc) is 2.28. The smallest absolute Gasteiger partial charge is 0.266 e. The lowest BCUT2D eigenvalue weighted by molar-refractivity contribution is -0.105. The van der Waals surface area contributed by atoms with Crippen LogP contribution < -0.4 is 0 Å². The van der Waals surface area contributed by atoms with Crippen LogP contribution in [0.4, 0.5) is 8.78 Å². The lowest BCUT2D eigenvalue weighted by Crippen LogP contribution is -2.36. The SMILES string of the molecule is CCC1CCCC(O)(C(F)F)CC1. The fourth-order valence-electron chi connectivity index (χ4n) is 2.05. The van der Waals surface area contributed by atoms with Gasteiger partial charge in [0.2, 0.25) is 0 Å². The van der Waals surface area contributed by atoms with Gasteiger partial charge in [0.1, 0.15) is 5.60 Å². The second-order valence-corrected chi connectivity index (χ2v) is 4.11. The predicted molar refractivity (Wildman–Crippen MR) is 47.8 cm³/mol. The summed E-state index contributed by atoms with van der Waals surface area (Å²) in [7, 11) is 0. The van der Waals surface area contributed by atoms with Gasteiger partial charge in [0.25, 0.3) is 6.43 Å². The molecular weight excluding hydrogens is 174 g/mol. The second-order valence-electron chi connectivity index (χ2n) is 4.11. The van der Waals surface area contributed by atoms with E-state index in [-0.39, 0.29) is 12.8 Å². The van der Waals surface area contributed by atoms with E-state index in [0.29, 0.717) is 5.92 Å². The predicted octanol–water partition coefficient (Wildman–Crippen LogP) is 2.97. The van der Waals surface area contributed by atoms with Crippen molar-refractivity contribution in [1.82, 2.24) is 0 Å². The van der Waals surface area contributed by atoms with Gasteiger partial charge in [-0.05, 0) is 25.2 Å². The molecule has 2 unspecified atom stereocenters. The van der Waals surface area contributed by atoms with Gasteiger partial charge in [-0.2, -0.15) is 0 Å². The summed E-state index contributed by atoms with van der Waals surface area (Å²) in [6.45, 7) is 2.08. The lowest BCUT2D eigenvalue weighted by atomic mass is 9.93. The van der Waals surface area contributed by atoms with Crippen LogP contribution in [0.25, 0.3) is 0 Å². The molecule has 0 saturated heterocycles. The molecule has 78 valence electrons. The summed E-state index contributed by atoms with van der Waals surface area (Å²) >= 11 is 0. The number of rotatable bonds is 2. The summed E-state index contributed by atoms with van der Waals surface area (Å²) in [5, 5.41) is 9.59. The molecule has 0 radical (unpaired) electrons. The minimum atomic E-state index is -2.58. The van der Waals surface area contributed by atoms with Gasteiger partial charge in [-0.25, -0.2) is 8.78 Å². The van der Waals surface area contributed by atoms with Gasteiger partial charge in [-0.15, -0.1) is 0 Å². The van der Waals surface area contributed by atoms with Crippen molar-refractivity contribution < 1.29 is 13.9 Å². The van der Waals surface area contributed by atoms with E-state index in [1.165, 1.54) is 0 Å². The van der Waals surface area contributed by atoms with Crippen LogP contribution in [-0.2, 0) is 0 Å². The molecule has 0 bridgehead atoms. The summed E-state index contributed by atoms with van der Waals surface area (Å²) < 4.78 is 24.9. The van der Waals surface area contributed by atoms with E-state index in [1.54, 1.807) is 0 Å². The van der Waals surface area contributed by atoms with Crippen LogP contribution in [0.15, 0.2) is 0 Å². The molecule has 1 aliphatic rings. The Bertz CT molecular complexity index is 161. The van der Waals surface area contributed by atoms with E-state index >= 15 is 0 Å². The maximum Gasteiger partial charge on any atom is 0.266 e. The van der Waals surface area contributed by atoms with Crippen LogP contribution in [0, 0.1) is 5.92 Å². The number of hydrogen-bond acceptors (Lipinski definition) is 1. The quantitative estimate of drug-likeness (QED) is 0.667. The summed E-state index contributed by atoms with van der Waals surface area (Å²) in [4.78, 5) is 0. The first kappa shape index (κ1) is 10.9. The highest BCUT2D eigenvalue weighted by Crippen LogP contribution is 2.35. The van der Waals surface area contributed by atoms with Crippen molar-refractivity contribution in [3.8, 4) is 0 Å². The zero-order valence-corrected chi connectivity index (χ0v) is 8.10. The molecule has 0 aromatic carbocycles. The number of halogens is 2. The van der Waals surface area contributed by atoms with Crippen molar-refractivity contribution in [1.29, 1.82) is 0 Å². The highest BCUT2D eigenvalue weighted by atomic mass is 19.3. The molecule has 0 heterocycles. The Morgan fingerprint density at radius 2 is 2.08 bits per heavy atom. The molecule has 1 saturated carbocycles. The summed E-state index contributed by atoms with van der Waals surface area (Å²) in [5.41, 5.74) is -1.69. The fraction of sp³-hybridized carbons (Fsp3) is 1.00. The number of aliphatic hydroxyl groups is 1. The minimum absolute atomic E-state index is 0.265.